The maximum atomic E-state index is 12.1. The maximum Gasteiger partial charge on any atom is 0.276 e. The third-order valence-electron chi connectivity index (χ3n) is 3.49. The maximum absolute atomic E-state index is 12.1. The number of methoxy groups -OCH3 is 1. The van der Waals surface area contributed by atoms with Gasteiger partial charge >= 0.3 is 0 Å². The number of aryl methyl sites for hydroxylation is 1. The van der Waals surface area contributed by atoms with E-state index in [9.17, 15) is 4.79 Å². The lowest BCUT2D eigenvalue weighted by molar-refractivity contribution is -0.110. The third-order valence-corrected chi connectivity index (χ3v) is 3.68. The van der Waals surface area contributed by atoms with Crippen LogP contribution in [0, 0.1) is 6.92 Å². The van der Waals surface area contributed by atoms with Crippen LogP contribution < -0.4 is 20.8 Å². The first-order valence-electron chi connectivity index (χ1n) is 7.28. The van der Waals surface area contributed by atoms with Gasteiger partial charge in [-0.25, -0.2) is 0 Å². The molecule has 6 nitrogen and oxygen atoms in total. The fourth-order valence-corrected chi connectivity index (χ4v) is 2.53. The molecule has 0 saturated heterocycles. The Morgan fingerprint density at radius 2 is 2.08 bits per heavy atom. The molecule has 0 saturated carbocycles. The Labute approximate surface area is 144 Å². The zero-order valence-corrected chi connectivity index (χ0v) is 14.0. The summed E-state index contributed by atoms with van der Waals surface area (Å²) in [6.45, 7) is 2.00. The number of nitrogens with zero attached hydrogens (tertiary/aromatic N) is 1. The largest absolute Gasteiger partial charge is 0.497 e. The van der Waals surface area contributed by atoms with Crippen molar-refractivity contribution in [3.05, 3.63) is 53.6 Å². The Bertz CT molecular complexity index is 848. The molecule has 0 unspecified atom stereocenters. The van der Waals surface area contributed by atoms with Crippen LogP contribution in [0.5, 0.6) is 5.75 Å². The molecule has 1 aliphatic rings. The summed E-state index contributed by atoms with van der Waals surface area (Å²) >= 11 is 5.21. The number of anilines is 2. The zero-order valence-electron chi connectivity index (χ0n) is 13.2. The van der Waals surface area contributed by atoms with Crippen LogP contribution in [0.2, 0.25) is 0 Å². The van der Waals surface area contributed by atoms with Crippen LogP contribution in [0.3, 0.4) is 0 Å². The van der Waals surface area contributed by atoms with Crippen LogP contribution in [0.25, 0.3) is 0 Å². The van der Waals surface area contributed by atoms with Crippen molar-refractivity contribution >= 4 is 40.3 Å². The quantitative estimate of drug-likeness (QED) is 0.592. The fraction of sp³-hybridized carbons (Fsp3) is 0.118. The van der Waals surface area contributed by atoms with Gasteiger partial charge in [0.1, 0.15) is 5.75 Å². The van der Waals surface area contributed by atoms with Crippen LogP contribution >= 0.6 is 12.2 Å². The van der Waals surface area contributed by atoms with E-state index in [4.69, 9.17) is 17.0 Å². The second kappa shape index (κ2) is 6.67. The molecule has 0 radical (unpaired) electrons. The Hall–Kier alpha value is -2.93. The normalized spacial score (nSPS) is 14.1. The molecule has 1 heterocycles. The highest BCUT2D eigenvalue weighted by atomic mass is 32.1. The molecule has 3 rings (SSSR count). The smallest absolute Gasteiger partial charge is 0.276 e. The number of ether oxygens (including phenoxy) is 1. The molecule has 122 valence electrons. The molecule has 0 aromatic heterocycles. The molecule has 24 heavy (non-hydrogen) atoms. The number of thiocarbonyl (C=S) groups is 1. The Morgan fingerprint density at radius 1 is 1.25 bits per heavy atom. The molecule has 2 aromatic carbocycles. The van der Waals surface area contributed by atoms with E-state index in [1.165, 1.54) is 0 Å². The van der Waals surface area contributed by atoms with E-state index < -0.39 is 0 Å². The van der Waals surface area contributed by atoms with E-state index in [-0.39, 0.29) is 11.6 Å². The highest BCUT2D eigenvalue weighted by Crippen LogP contribution is 2.27. The predicted molar refractivity (Wildman–Crippen MR) is 98.7 cm³/mol. The third kappa shape index (κ3) is 3.36. The predicted octanol–water partition coefficient (Wildman–Crippen LogP) is 2.65. The lowest BCUT2D eigenvalue weighted by Gasteiger charge is -2.08. The van der Waals surface area contributed by atoms with Gasteiger partial charge in [0.05, 0.1) is 12.8 Å². The van der Waals surface area contributed by atoms with Gasteiger partial charge in [0, 0.05) is 17.3 Å². The van der Waals surface area contributed by atoms with Gasteiger partial charge in [-0.05, 0) is 49.0 Å². The van der Waals surface area contributed by atoms with E-state index in [1.807, 2.05) is 31.2 Å². The number of amides is 1. The van der Waals surface area contributed by atoms with Crippen LogP contribution in [0.4, 0.5) is 11.4 Å². The number of fused-ring (bicyclic) bond motifs is 1. The second-order valence-corrected chi connectivity index (χ2v) is 5.67. The number of benzene rings is 2. The zero-order chi connectivity index (χ0) is 17.1. The van der Waals surface area contributed by atoms with Crippen molar-refractivity contribution in [3.8, 4) is 5.75 Å². The van der Waals surface area contributed by atoms with Crippen molar-refractivity contribution in [2.45, 2.75) is 6.92 Å². The lowest BCUT2D eigenvalue weighted by Crippen LogP contribution is -2.27. The first-order valence-corrected chi connectivity index (χ1v) is 7.69. The number of carbonyl (C=O) groups excluding carboxylic acids is 1. The Kier molecular flexibility index (Phi) is 4.43. The first kappa shape index (κ1) is 15.9. The molecule has 0 spiro atoms. The summed E-state index contributed by atoms with van der Waals surface area (Å²) in [6.07, 6.45) is 0. The molecule has 0 atom stereocenters. The Balaban J connectivity index is 1.73. The minimum Gasteiger partial charge on any atom is -0.497 e. The molecule has 1 amide bonds. The van der Waals surface area contributed by atoms with Crippen LogP contribution in [-0.2, 0) is 4.79 Å². The van der Waals surface area contributed by atoms with E-state index in [1.54, 1.807) is 25.3 Å². The SMILES string of the molecule is COc1ccc2c(c1)NC(=O)/C2=N\NC(=S)Nc1cccc(C)c1. The van der Waals surface area contributed by atoms with Crippen molar-refractivity contribution in [1.82, 2.24) is 5.43 Å². The highest BCUT2D eigenvalue weighted by molar-refractivity contribution is 7.80. The standard InChI is InChI=1S/C17H16N4O2S/c1-10-4-3-5-11(8-10)18-17(24)21-20-15-13-7-6-12(23-2)9-14(13)19-16(15)22/h3-9H,1-2H3,(H2,18,21,24)(H,19,20,22). The molecular weight excluding hydrogens is 324 g/mol. The fourth-order valence-electron chi connectivity index (χ4n) is 2.36. The van der Waals surface area contributed by atoms with Crippen molar-refractivity contribution < 1.29 is 9.53 Å². The van der Waals surface area contributed by atoms with E-state index in [0.717, 1.165) is 11.3 Å². The summed E-state index contributed by atoms with van der Waals surface area (Å²) in [5.74, 6) is 0.379. The van der Waals surface area contributed by atoms with Gasteiger partial charge in [-0.3, -0.25) is 10.2 Å². The van der Waals surface area contributed by atoms with Crippen LogP contribution in [-0.4, -0.2) is 23.8 Å². The van der Waals surface area contributed by atoms with Gasteiger partial charge in [-0.1, -0.05) is 12.1 Å². The summed E-state index contributed by atoms with van der Waals surface area (Å²) in [4.78, 5) is 12.1. The minimum atomic E-state index is -0.288. The molecular formula is C17H16N4O2S. The first-order chi connectivity index (χ1) is 11.6. The molecule has 0 aliphatic carbocycles. The monoisotopic (exact) mass is 340 g/mol. The van der Waals surface area contributed by atoms with E-state index in [0.29, 0.717) is 22.1 Å². The van der Waals surface area contributed by atoms with Crippen molar-refractivity contribution in [2.75, 3.05) is 17.7 Å². The van der Waals surface area contributed by atoms with Crippen molar-refractivity contribution in [2.24, 2.45) is 5.10 Å². The molecule has 7 heteroatoms. The second-order valence-electron chi connectivity index (χ2n) is 5.26. The summed E-state index contributed by atoms with van der Waals surface area (Å²) in [5, 5.41) is 10.2. The van der Waals surface area contributed by atoms with Gasteiger partial charge in [0.15, 0.2) is 10.8 Å². The number of carbonyl (C=O) groups is 1. The number of hydrogen-bond acceptors (Lipinski definition) is 4. The summed E-state index contributed by atoms with van der Waals surface area (Å²) in [7, 11) is 1.57. The Morgan fingerprint density at radius 3 is 2.83 bits per heavy atom. The lowest BCUT2D eigenvalue weighted by atomic mass is 10.1. The van der Waals surface area contributed by atoms with Crippen molar-refractivity contribution in [3.63, 3.8) is 0 Å². The number of rotatable bonds is 3. The molecule has 0 fully saturated rings. The molecule has 1 aliphatic heterocycles. The number of hydrogen-bond donors (Lipinski definition) is 3. The summed E-state index contributed by atoms with van der Waals surface area (Å²) in [6, 6.07) is 13.1. The van der Waals surface area contributed by atoms with Gasteiger partial charge in [-0.15, -0.1) is 0 Å². The number of nitrogens with one attached hydrogen (secondary N) is 3. The topological polar surface area (TPSA) is 74.8 Å². The van der Waals surface area contributed by atoms with E-state index >= 15 is 0 Å². The molecule has 2 aromatic rings. The number of hydrazone groups is 1. The molecule has 0 bridgehead atoms. The summed E-state index contributed by atoms with van der Waals surface area (Å²) in [5.41, 5.74) is 6.33. The van der Waals surface area contributed by atoms with E-state index in [2.05, 4.69) is 21.2 Å². The average molecular weight is 340 g/mol. The van der Waals surface area contributed by atoms with Gasteiger partial charge in [0.2, 0.25) is 0 Å². The van der Waals surface area contributed by atoms with Gasteiger partial charge < -0.3 is 15.4 Å². The van der Waals surface area contributed by atoms with Crippen molar-refractivity contribution in [1.29, 1.82) is 0 Å². The van der Waals surface area contributed by atoms with Crippen LogP contribution in [0.15, 0.2) is 47.6 Å². The van der Waals surface area contributed by atoms with Crippen LogP contribution in [0.1, 0.15) is 11.1 Å². The molecule has 3 N–H and O–H groups in total. The average Bonchev–Trinajstić information content (AvgIpc) is 2.87. The summed E-state index contributed by atoms with van der Waals surface area (Å²) < 4.78 is 5.15. The minimum absolute atomic E-state index is 0.279. The highest BCUT2D eigenvalue weighted by Gasteiger charge is 2.26. The van der Waals surface area contributed by atoms with Gasteiger partial charge in [-0.2, -0.15) is 5.10 Å². The van der Waals surface area contributed by atoms with Gasteiger partial charge in [0.25, 0.3) is 5.91 Å².